The van der Waals surface area contributed by atoms with E-state index in [9.17, 15) is 18.0 Å². The van der Waals surface area contributed by atoms with Crippen molar-refractivity contribution in [2.24, 2.45) is 0 Å². The molecule has 3 aromatic carbocycles. The fraction of sp³-hybridized carbons (Fsp3) is 0.333. The van der Waals surface area contributed by atoms with Crippen molar-refractivity contribution in [1.29, 1.82) is 0 Å². The van der Waals surface area contributed by atoms with Gasteiger partial charge in [-0.05, 0) is 74.7 Å². The number of aryl methyl sites for hydroxylation is 2. The van der Waals surface area contributed by atoms with Gasteiger partial charge in [0.05, 0.1) is 17.7 Å². The van der Waals surface area contributed by atoms with Crippen LogP contribution in [0, 0.1) is 13.8 Å². The average molecular weight is 621 g/mol. The highest BCUT2D eigenvalue weighted by Crippen LogP contribution is 2.34. The highest BCUT2D eigenvalue weighted by Gasteiger charge is 2.34. The van der Waals surface area contributed by atoms with Gasteiger partial charge in [0.25, 0.3) is 10.0 Å². The van der Waals surface area contributed by atoms with Crippen molar-refractivity contribution in [2.45, 2.75) is 51.6 Å². The zero-order chi connectivity index (χ0) is 30.3. The summed E-state index contributed by atoms with van der Waals surface area (Å²) >= 11 is 12.5. The smallest absolute Gasteiger partial charge is 0.264 e. The van der Waals surface area contributed by atoms with E-state index in [-0.39, 0.29) is 28.8 Å². The van der Waals surface area contributed by atoms with Gasteiger partial charge in [-0.1, -0.05) is 60.0 Å². The Kier molecular flexibility index (Phi) is 11.1. The predicted octanol–water partition coefficient (Wildman–Crippen LogP) is 5.76. The molecule has 3 aromatic rings. The molecule has 0 radical (unpaired) electrons. The molecule has 0 saturated heterocycles. The van der Waals surface area contributed by atoms with E-state index in [1.165, 1.54) is 24.1 Å². The molecule has 0 aliphatic carbocycles. The molecular formula is C30H35Cl2N3O5S. The van der Waals surface area contributed by atoms with E-state index in [2.05, 4.69) is 5.32 Å². The molecule has 0 saturated carbocycles. The van der Waals surface area contributed by atoms with Crippen LogP contribution in [-0.2, 0) is 26.2 Å². The van der Waals surface area contributed by atoms with E-state index in [1.54, 1.807) is 55.5 Å². The SMILES string of the molecule is CCCNC(=O)[C@H](C)N(Cc1ccc(Cl)cc1Cl)C(=O)CN(c1cc(C)ccc1OC)S(=O)(=O)c1ccc(C)cc1. The van der Waals surface area contributed by atoms with Crippen LogP contribution in [0.15, 0.2) is 65.6 Å². The van der Waals surface area contributed by atoms with Gasteiger partial charge in [0.15, 0.2) is 0 Å². The number of anilines is 1. The van der Waals surface area contributed by atoms with Crippen molar-refractivity contribution in [3.05, 3.63) is 87.4 Å². The third-order valence-electron chi connectivity index (χ3n) is 6.56. The first-order valence-corrected chi connectivity index (χ1v) is 15.3. The maximum absolute atomic E-state index is 14.1. The average Bonchev–Trinajstić information content (AvgIpc) is 2.93. The summed E-state index contributed by atoms with van der Waals surface area (Å²) in [4.78, 5) is 28.4. The van der Waals surface area contributed by atoms with Crippen LogP contribution in [0.1, 0.15) is 37.0 Å². The monoisotopic (exact) mass is 619 g/mol. The third kappa shape index (κ3) is 7.93. The number of nitrogens with one attached hydrogen (secondary N) is 1. The van der Waals surface area contributed by atoms with Gasteiger partial charge in [-0.3, -0.25) is 13.9 Å². The number of ether oxygens (including phenoxy) is 1. The molecule has 0 unspecified atom stereocenters. The van der Waals surface area contributed by atoms with Gasteiger partial charge in [-0.15, -0.1) is 0 Å². The van der Waals surface area contributed by atoms with Gasteiger partial charge in [-0.25, -0.2) is 8.42 Å². The molecule has 0 aromatic heterocycles. The van der Waals surface area contributed by atoms with Crippen LogP contribution in [-0.4, -0.2) is 51.4 Å². The van der Waals surface area contributed by atoms with E-state index >= 15 is 0 Å². The highest BCUT2D eigenvalue weighted by molar-refractivity contribution is 7.92. The minimum absolute atomic E-state index is 0.0143. The minimum atomic E-state index is -4.23. The number of hydrogen-bond acceptors (Lipinski definition) is 5. The minimum Gasteiger partial charge on any atom is -0.495 e. The second-order valence-corrected chi connectivity index (χ2v) is 12.4. The number of hydrogen-bond donors (Lipinski definition) is 1. The summed E-state index contributed by atoms with van der Waals surface area (Å²) in [5, 5.41) is 3.55. The molecule has 0 aliphatic rings. The van der Waals surface area contributed by atoms with E-state index < -0.39 is 28.5 Å². The van der Waals surface area contributed by atoms with Crippen LogP contribution in [0.4, 0.5) is 5.69 Å². The van der Waals surface area contributed by atoms with E-state index in [0.717, 1.165) is 15.4 Å². The highest BCUT2D eigenvalue weighted by atomic mass is 35.5. The van der Waals surface area contributed by atoms with Crippen molar-refractivity contribution in [3.63, 3.8) is 0 Å². The molecule has 3 rings (SSSR count). The van der Waals surface area contributed by atoms with Crippen LogP contribution < -0.4 is 14.4 Å². The number of carbonyl (C=O) groups excluding carboxylic acids is 2. The first-order chi connectivity index (χ1) is 19.4. The Morgan fingerprint density at radius 1 is 0.976 bits per heavy atom. The van der Waals surface area contributed by atoms with Crippen LogP contribution in [0.3, 0.4) is 0 Å². The summed E-state index contributed by atoms with van der Waals surface area (Å²) in [5.41, 5.74) is 2.42. The van der Waals surface area contributed by atoms with Crippen molar-refractivity contribution >= 4 is 50.7 Å². The maximum Gasteiger partial charge on any atom is 0.264 e. The van der Waals surface area contributed by atoms with Crippen LogP contribution in [0.25, 0.3) is 0 Å². The summed E-state index contributed by atoms with van der Waals surface area (Å²) in [6.07, 6.45) is 0.713. The predicted molar refractivity (Wildman–Crippen MR) is 163 cm³/mol. The van der Waals surface area contributed by atoms with Gasteiger partial charge >= 0.3 is 0 Å². The number of halogens is 2. The molecule has 0 spiro atoms. The number of methoxy groups -OCH3 is 1. The Morgan fingerprint density at radius 2 is 1.63 bits per heavy atom. The molecule has 1 N–H and O–H groups in total. The summed E-state index contributed by atoms with van der Waals surface area (Å²) in [6.45, 7) is 6.98. The van der Waals surface area contributed by atoms with Gasteiger partial charge in [0, 0.05) is 23.1 Å². The molecule has 1 atom stereocenters. The number of amides is 2. The number of rotatable bonds is 12. The second-order valence-electron chi connectivity index (χ2n) is 9.72. The number of benzene rings is 3. The molecule has 0 heterocycles. The molecule has 0 aliphatic heterocycles. The van der Waals surface area contributed by atoms with Gasteiger partial charge < -0.3 is 15.0 Å². The fourth-order valence-electron chi connectivity index (χ4n) is 4.16. The lowest BCUT2D eigenvalue weighted by molar-refractivity contribution is -0.139. The largest absolute Gasteiger partial charge is 0.495 e. The number of nitrogens with zero attached hydrogens (tertiary/aromatic N) is 2. The normalized spacial score (nSPS) is 12.0. The maximum atomic E-state index is 14.1. The number of sulfonamides is 1. The molecule has 0 fully saturated rings. The summed E-state index contributed by atoms with van der Waals surface area (Å²) < 4.78 is 34.7. The van der Waals surface area contributed by atoms with Crippen molar-refractivity contribution in [1.82, 2.24) is 10.2 Å². The quantitative estimate of drug-likeness (QED) is 0.278. The fourth-order valence-corrected chi connectivity index (χ4v) is 6.04. The Morgan fingerprint density at radius 3 is 2.24 bits per heavy atom. The lowest BCUT2D eigenvalue weighted by atomic mass is 10.1. The molecule has 8 nitrogen and oxygen atoms in total. The Labute approximate surface area is 252 Å². The molecular weight excluding hydrogens is 585 g/mol. The summed E-state index contributed by atoms with van der Waals surface area (Å²) in [5.74, 6) is -0.694. The topological polar surface area (TPSA) is 96.0 Å². The van der Waals surface area contributed by atoms with E-state index in [0.29, 0.717) is 28.6 Å². The first-order valence-electron chi connectivity index (χ1n) is 13.1. The molecule has 41 heavy (non-hydrogen) atoms. The zero-order valence-corrected chi connectivity index (χ0v) is 26.1. The van der Waals surface area contributed by atoms with Gasteiger partial charge in [0.1, 0.15) is 18.3 Å². The lowest BCUT2D eigenvalue weighted by Crippen LogP contribution is -2.51. The van der Waals surface area contributed by atoms with E-state index in [4.69, 9.17) is 27.9 Å². The third-order valence-corrected chi connectivity index (χ3v) is 8.92. The Balaban J connectivity index is 2.11. The van der Waals surface area contributed by atoms with E-state index in [1.807, 2.05) is 20.8 Å². The van der Waals surface area contributed by atoms with Crippen molar-refractivity contribution < 1.29 is 22.7 Å². The van der Waals surface area contributed by atoms with Crippen LogP contribution >= 0.6 is 23.2 Å². The summed E-state index contributed by atoms with van der Waals surface area (Å²) in [7, 11) is -2.80. The zero-order valence-electron chi connectivity index (χ0n) is 23.8. The Bertz CT molecular complexity index is 1500. The number of carbonyl (C=O) groups is 2. The van der Waals surface area contributed by atoms with Crippen LogP contribution in [0.2, 0.25) is 10.0 Å². The first kappa shape index (κ1) is 32.2. The lowest BCUT2D eigenvalue weighted by Gasteiger charge is -2.32. The standard InChI is InChI=1S/C30H35Cl2N3O5S/c1-6-15-33-30(37)22(4)34(18-23-10-11-24(31)17-26(23)32)29(36)19-35(27-16-21(3)9-14-28(27)40-5)41(38,39)25-12-7-20(2)8-13-25/h7-14,16-17,22H,6,15,18-19H2,1-5H3,(H,33,37)/t22-/m0/s1. The Hall–Kier alpha value is -3.27. The van der Waals surface area contributed by atoms with Gasteiger partial charge in [-0.2, -0.15) is 0 Å². The van der Waals surface area contributed by atoms with Crippen molar-refractivity contribution in [3.8, 4) is 5.75 Å². The molecule has 220 valence electrons. The van der Waals surface area contributed by atoms with Crippen molar-refractivity contribution in [2.75, 3.05) is 24.5 Å². The van der Waals surface area contributed by atoms with Crippen LogP contribution in [0.5, 0.6) is 5.75 Å². The second kappa shape index (κ2) is 14.1. The molecule has 2 amide bonds. The molecule has 11 heteroatoms. The van der Waals surface area contributed by atoms with Gasteiger partial charge in [0.2, 0.25) is 11.8 Å². The summed E-state index contributed by atoms with van der Waals surface area (Å²) in [6, 6.07) is 15.4. The molecule has 0 bridgehead atoms.